The number of hydrogen-bond donors (Lipinski definition) is 3. The van der Waals surface area contributed by atoms with Crippen LogP contribution in [0.2, 0.25) is 0 Å². The van der Waals surface area contributed by atoms with Gasteiger partial charge in [0.05, 0.1) is 4.90 Å². The quantitative estimate of drug-likeness (QED) is 0.680. The predicted octanol–water partition coefficient (Wildman–Crippen LogP) is 1.22. The van der Waals surface area contributed by atoms with Crippen LogP contribution in [0.5, 0.6) is 0 Å². The first-order valence-electron chi connectivity index (χ1n) is 7.19. The normalized spacial score (nSPS) is 19.0. The molecule has 2 rings (SSSR count). The van der Waals surface area contributed by atoms with Crippen molar-refractivity contribution in [3.63, 3.8) is 0 Å². The van der Waals surface area contributed by atoms with E-state index in [0.29, 0.717) is 16.9 Å². The van der Waals surface area contributed by atoms with E-state index in [1.807, 2.05) is 0 Å². The van der Waals surface area contributed by atoms with Crippen molar-refractivity contribution in [2.24, 2.45) is 11.7 Å². The van der Waals surface area contributed by atoms with Crippen LogP contribution in [0.15, 0.2) is 27.6 Å². The lowest BCUT2D eigenvalue weighted by molar-refractivity contribution is 0.1000. The van der Waals surface area contributed by atoms with E-state index in [0.717, 1.165) is 32.4 Å². The fraction of sp³-hybridized carbons (Fsp3) is 0.500. The van der Waals surface area contributed by atoms with E-state index in [2.05, 4.69) is 26.0 Å². The fourth-order valence-corrected chi connectivity index (χ4v) is 4.27. The predicted molar refractivity (Wildman–Crippen MR) is 88.1 cm³/mol. The van der Waals surface area contributed by atoms with Gasteiger partial charge in [0, 0.05) is 16.6 Å². The third-order valence-electron chi connectivity index (χ3n) is 3.71. The minimum absolute atomic E-state index is 0.0393. The molecule has 1 unspecified atom stereocenters. The van der Waals surface area contributed by atoms with Crippen LogP contribution in [0.3, 0.4) is 0 Å². The summed E-state index contributed by atoms with van der Waals surface area (Å²) < 4.78 is 27.7. The van der Waals surface area contributed by atoms with Crippen molar-refractivity contribution in [2.45, 2.75) is 24.2 Å². The third-order valence-corrected chi connectivity index (χ3v) is 5.61. The van der Waals surface area contributed by atoms with Gasteiger partial charge >= 0.3 is 0 Å². The van der Waals surface area contributed by atoms with E-state index >= 15 is 0 Å². The number of carbonyl (C=O) groups is 1. The molecule has 0 spiro atoms. The molecule has 1 heterocycles. The lowest BCUT2D eigenvalue weighted by atomic mass is 9.96. The van der Waals surface area contributed by atoms with Gasteiger partial charge in [-0.15, -0.1) is 0 Å². The molecule has 0 saturated carbocycles. The van der Waals surface area contributed by atoms with Crippen LogP contribution in [0.25, 0.3) is 0 Å². The van der Waals surface area contributed by atoms with Crippen molar-refractivity contribution >= 4 is 31.9 Å². The van der Waals surface area contributed by atoms with Crippen molar-refractivity contribution < 1.29 is 13.2 Å². The Labute approximate surface area is 139 Å². The Kier molecular flexibility index (Phi) is 5.96. The topological polar surface area (TPSA) is 101 Å². The first-order valence-corrected chi connectivity index (χ1v) is 9.47. The number of nitrogens with one attached hydrogen (secondary N) is 2. The Morgan fingerprint density at radius 1 is 1.41 bits per heavy atom. The third kappa shape index (κ3) is 4.77. The smallest absolute Gasteiger partial charge is 0.248 e. The maximum absolute atomic E-state index is 12.3. The van der Waals surface area contributed by atoms with E-state index in [-0.39, 0.29) is 10.5 Å². The maximum atomic E-state index is 12.3. The largest absolute Gasteiger partial charge is 0.366 e. The molecule has 6 nitrogen and oxygen atoms in total. The number of carbonyl (C=O) groups excluding carboxylic acids is 1. The molecule has 1 aliphatic heterocycles. The van der Waals surface area contributed by atoms with Gasteiger partial charge in [-0.05, 0) is 56.5 Å². The van der Waals surface area contributed by atoms with Gasteiger partial charge < -0.3 is 11.1 Å². The Morgan fingerprint density at radius 2 is 2.18 bits per heavy atom. The van der Waals surface area contributed by atoms with Crippen LogP contribution in [-0.4, -0.2) is 34.0 Å². The lowest BCUT2D eigenvalue weighted by Gasteiger charge is -2.22. The molecule has 1 saturated heterocycles. The summed E-state index contributed by atoms with van der Waals surface area (Å²) in [6.07, 6.45) is 3.05. The van der Waals surface area contributed by atoms with Crippen molar-refractivity contribution in [3.8, 4) is 0 Å². The summed E-state index contributed by atoms with van der Waals surface area (Å²) >= 11 is 3.20. The Balaban J connectivity index is 2.01. The van der Waals surface area contributed by atoms with Crippen molar-refractivity contribution in [2.75, 3.05) is 19.6 Å². The van der Waals surface area contributed by atoms with Crippen LogP contribution in [0, 0.1) is 5.92 Å². The summed E-state index contributed by atoms with van der Waals surface area (Å²) in [5.74, 6) is -0.161. The van der Waals surface area contributed by atoms with E-state index < -0.39 is 15.9 Å². The molecular weight excluding hydrogens is 370 g/mol. The van der Waals surface area contributed by atoms with Gasteiger partial charge in [0.1, 0.15) is 0 Å². The van der Waals surface area contributed by atoms with Gasteiger partial charge in [-0.1, -0.05) is 15.9 Å². The summed E-state index contributed by atoms with van der Waals surface area (Å²) in [5.41, 5.74) is 5.37. The van der Waals surface area contributed by atoms with Gasteiger partial charge in [0.2, 0.25) is 15.9 Å². The van der Waals surface area contributed by atoms with E-state index in [9.17, 15) is 13.2 Å². The number of rotatable bonds is 6. The van der Waals surface area contributed by atoms with E-state index in [1.165, 1.54) is 18.2 Å². The number of halogens is 1. The summed E-state index contributed by atoms with van der Waals surface area (Å²) in [5, 5.41) is 3.31. The SMILES string of the molecule is NC(=O)c1cc(Br)cc(S(=O)(=O)NCCC2CCCNC2)c1. The molecule has 4 N–H and O–H groups in total. The highest BCUT2D eigenvalue weighted by molar-refractivity contribution is 9.10. The van der Waals surface area contributed by atoms with Gasteiger partial charge in [-0.2, -0.15) is 0 Å². The Morgan fingerprint density at radius 3 is 2.82 bits per heavy atom. The second-order valence-corrected chi connectivity index (χ2v) is 8.12. The zero-order chi connectivity index (χ0) is 16.2. The Hall–Kier alpha value is -0.960. The molecule has 1 atom stereocenters. The molecule has 1 aromatic carbocycles. The molecule has 1 amide bonds. The van der Waals surface area contributed by atoms with Crippen LogP contribution >= 0.6 is 15.9 Å². The molecule has 8 heteroatoms. The number of piperidine rings is 1. The summed E-state index contributed by atoms with van der Waals surface area (Å²) in [4.78, 5) is 11.3. The van der Waals surface area contributed by atoms with Crippen molar-refractivity contribution in [1.82, 2.24) is 10.0 Å². The van der Waals surface area contributed by atoms with Crippen molar-refractivity contribution in [1.29, 1.82) is 0 Å². The average molecular weight is 390 g/mol. The van der Waals surface area contributed by atoms with Crippen LogP contribution in [0.4, 0.5) is 0 Å². The number of sulfonamides is 1. The average Bonchev–Trinajstić information content (AvgIpc) is 2.47. The minimum atomic E-state index is -3.65. The monoisotopic (exact) mass is 389 g/mol. The number of amides is 1. The Bertz CT molecular complexity index is 643. The second-order valence-electron chi connectivity index (χ2n) is 5.44. The number of benzene rings is 1. The highest BCUT2D eigenvalue weighted by Gasteiger charge is 2.18. The number of nitrogens with two attached hydrogens (primary N) is 1. The summed E-state index contributed by atoms with van der Waals surface area (Å²) in [6.45, 7) is 2.35. The molecule has 122 valence electrons. The molecule has 1 fully saturated rings. The van der Waals surface area contributed by atoms with Gasteiger partial charge in [-0.25, -0.2) is 13.1 Å². The van der Waals surface area contributed by atoms with Crippen LogP contribution in [0.1, 0.15) is 29.6 Å². The molecular formula is C14H20BrN3O3S. The summed E-state index contributed by atoms with van der Waals surface area (Å²) in [7, 11) is -3.65. The standard InChI is InChI=1S/C14H20BrN3O3S/c15-12-6-11(14(16)19)7-13(8-12)22(20,21)18-5-3-10-2-1-4-17-9-10/h6-8,10,17-18H,1-5,9H2,(H2,16,19). The van der Waals surface area contributed by atoms with Gasteiger partial charge in [0.15, 0.2) is 0 Å². The van der Waals surface area contributed by atoms with Crippen molar-refractivity contribution in [3.05, 3.63) is 28.2 Å². The number of hydrogen-bond acceptors (Lipinski definition) is 4. The zero-order valence-corrected chi connectivity index (χ0v) is 14.5. The molecule has 0 aliphatic carbocycles. The van der Waals surface area contributed by atoms with Gasteiger partial charge in [-0.3, -0.25) is 4.79 Å². The first kappa shape index (κ1) is 17.4. The number of primary amides is 1. The lowest BCUT2D eigenvalue weighted by Crippen LogP contribution is -2.33. The highest BCUT2D eigenvalue weighted by Crippen LogP contribution is 2.20. The molecule has 1 aliphatic rings. The molecule has 0 aromatic heterocycles. The maximum Gasteiger partial charge on any atom is 0.248 e. The minimum Gasteiger partial charge on any atom is -0.366 e. The zero-order valence-electron chi connectivity index (χ0n) is 12.1. The highest BCUT2D eigenvalue weighted by atomic mass is 79.9. The second kappa shape index (κ2) is 7.54. The summed E-state index contributed by atoms with van der Waals surface area (Å²) in [6, 6.07) is 4.24. The first-order chi connectivity index (χ1) is 10.4. The van der Waals surface area contributed by atoms with E-state index in [4.69, 9.17) is 5.73 Å². The molecule has 0 radical (unpaired) electrons. The molecule has 0 bridgehead atoms. The molecule has 22 heavy (non-hydrogen) atoms. The van der Waals surface area contributed by atoms with E-state index in [1.54, 1.807) is 0 Å². The molecule has 1 aromatic rings. The van der Waals surface area contributed by atoms with Crippen LogP contribution in [-0.2, 0) is 10.0 Å². The van der Waals surface area contributed by atoms with Crippen LogP contribution < -0.4 is 15.8 Å². The fourth-order valence-electron chi connectivity index (χ4n) is 2.51. The van der Waals surface area contributed by atoms with Gasteiger partial charge in [0.25, 0.3) is 0 Å².